The van der Waals surface area contributed by atoms with E-state index in [4.69, 9.17) is 0 Å². The lowest BCUT2D eigenvalue weighted by atomic mass is 10.1. The van der Waals surface area contributed by atoms with Crippen molar-refractivity contribution >= 4 is 39.2 Å². The minimum atomic E-state index is 1.05. The van der Waals surface area contributed by atoms with E-state index >= 15 is 0 Å². The van der Waals surface area contributed by atoms with Crippen molar-refractivity contribution < 1.29 is 0 Å². The van der Waals surface area contributed by atoms with Gasteiger partial charge in [0.2, 0.25) is 0 Å². The molecule has 0 spiro atoms. The van der Waals surface area contributed by atoms with E-state index < -0.39 is 0 Å². The topological polar surface area (TPSA) is 15.3 Å². The van der Waals surface area contributed by atoms with Gasteiger partial charge in [-0.3, -0.25) is 0 Å². The summed E-state index contributed by atoms with van der Waals surface area (Å²) < 4.78 is 0. The van der Waals surface area contributed by atoms with Crippen LogP contribution in [-0.2, 0) is 0 Å². The smallest absolute Gasteiger partial charge is 0.0540 e. The fourth-order valence-electron chi connectivity index (χ4n) is 4.64. The molecular weight excluding hydrogens is 436 g/mol. The van der Waals surface area contributed by atoms with Crippen LogP contribution >= 0.6 is 0 Å². The van der Waals surface area contributed by atoms with Gasteiger partial charge in [0.05, 0.1) is 5.69 Å². The molecular formula is C34H26N2. The monoisotopic (exact) mass is 462 g/mol. The van der Waals surface area contributed by atoms with Gasteiger partial charge in [-0.05, 0) is 71.1 Å². The second-order valence-corrected chi connectivity index (χ2v) is 8.78. The minimum Gasteiger partial charge on any atom is -0.356 e. The molecule has 6 aromatic carbocycles. The number of hydrogen-bond donors (Lipinski definition) is 1. The largest absolute Gasteiger partial charge is 0.356 e. The molecule has 6 aromatic rings. The highest BCUT2D eigenvalue weighted by atomic mass is 15.1. The van der Waals surface area contributed by atoms with Crippen LogP contribution in [0.15, 0.2) is 152 Å². The lowest BCUT2D eigenvalue weighted by Gasteiger charge is -2.27. The predicted octanol–water partition coefficient (Wildman–Crippen LogP) is 9.72. The number of para-hydroxylation sites is 1. The molecule has 0 amide bonds. The Morgan fingerprint density at radius 2 is 0.917 bits per heavy atom. The molecule has 172 valence electrons. The fraction of sp³-hybridized carbons (Fsp3) is 0. The quantitative estimate of drug-likeness (QED) is 0.265. The number of anilines is 5. The molecule has 0 radical (unpaired) electrons. The summed E-state index contributed by atoms with van der Waals surface area (Å²) in [5.74, 6) is 0. The van der Waals surface area contributed by atoms with Crippen LogP contribution in [0.2, 0.25) is 0 Å². The summed E-state index contributed by atoms with van der Waals surface area (Å²) in [6.07, 6.45) is 0. The molecule has 36 heavy (non-hydrogen) atoms. The van der Waals surface area contributed by atoms with Gasteiger partial charge in [0.25, 0.3) is 0 Å². The van der Waals surface area contributed by atoms with Crippen LogP contribution in [0.1, 0.15) is 0 Å². The maximum atomic E-state index is 3.54. The van der Waals surface area contributed by atoms with Crippen LogP contribution in [0, 0.1) is 0 Å². The van der Waals surface area contributed by atoms with Gasteiger partial charge in [0.1, 0.15) is 0 Å². The van der Waals surface area contributed by atoms with E-state index in [-0.39, 0.29) is 0 Å². The lowest BCUT2D eigenvalue weighted by molar-refractivity contribution is 1.30. The van der Waals surface area contributed by atoms with Crippen molar-refractivity contribution in [1.82, 2.24) is 0 Å². The van der Waals surface area contributed by atoms with Gasteiger partial charge in [-0.2, -0.15) is 0 Å². The fourth-order valence-corrected chi connectivity index (χ4v) is 4.64. The third kappa shape index (κ3) is 4.45. The van der Waals surface area contributed by atoms with Crippen molar-refractivity contribution in [2.45, 2.75) is 0 Å². The summed E-state index contributed by atoms with van der Waals surface area (Å²) in [7, 11) is 0. The number of nitrogens with zero attached hydrogens (tertiary/aromatic N) is 1. The van der Waals surface area contributed by atoms with Crippen LogP contribution in [0.3, 0.4) is 0 Å². The molecule has 0 saturated carbocycles. The normalized spacial score (nSPS) is 10.8. The zero-order valence-corrected chi connectivity index (χ0v) is 19.9. The van der Waals surface area contributed by atoms with Crippen molar-refractivity contribution in [1.29, 1.82) is 0 Å². The zero-order chi connectivity index (χ0) is 24.2. The Hall–Kier alpha value is -4.82. The van der Waals surface area contributed by atoms with E-state index in [1.165, 1.54) is 21.9 Å². The van der Waals surface area contributed by atoms with Crippen LogP contribution < -0.4 is 10.2 Å². The first-order chi connectivity index (χ1) is 17.8. The Labute approximate surface area is 212 Å². The maximum absolute atomic E-state index is 3.54. The van der Waals surface area contributed by atoms with E-state index in [1.807, 2.05) is 6.07 Å². The third-order valence-electron chi connectivity index (χ3n) is 6.43. The third-order valence-corrected chi connectivity index (χ3v) is 6.43. The van der Waals surface area contributed by atoms with Crippen molar-refractivity contribution in [3.8, 4) is 11.1 Å². The Morgan fingerprint density at radius 1 is 0.389 bits per heavy atom. The molecule has 1 N–H and O–H groups in total. The molecule has 0 aromatic heterocycles. The second-order valence-electron chi connectivity index (χ2n) is 8.78. The zero-order valence-electron chi connectivity index (χ0n) is 19.9. The molecule has 0 heterocycles. The first kappa shape index (κ1) is 21.7. The molecule has 0 saturated heterocycles. The van der Waals surface area contributed by atoms with Gasteiger partial charge in [0, 0.05) is 28.1 Å². The van der Waals surface area contributed by atoms with Gasteiger partial charge >= 0.3 is 0 Å². The molecule has 0 fully saturated rings. The van der Waals surface area contributed by atoms with E-state index in [9.17, 15) is 0 Å². The van der Waals surface area contributed by atoms with Crippen molar-refractivity contribution in [3.05, 3.63) is 152 Å². The van der Waals surface area contributed by atoms with Crippen LogP contribution in [0.25, 0.3) is 21.9 Å². The average Bonchev–Trinajstić information content (AvgIpc) is 2.96. The Kier molecular flexibility index (Phi) is 5.91. The summed E-state index contributed by atoms with van der Waals surface area (Å²) in [6, 6.07) is 53.2. The number of hydrogen-bond acceptors (Lipinski definition) is 2. The summed E-state index contributed by atoms with van der Waals surface area (Å²) in [4.78, 5) is 2.32. The number of benzene rings is 6. The molecule has 6 rings (SSSR count). The van der Waals surface area contributed by atoms with Gasteiger partial charge < -0.3 is 10.2 Å². The number of nitrogens with one attached hydrogen (secondary N) is 1. The second kappa shape index (κ2) is 9.81. The van der Waals surface area contributed by atoms with Gasteiger partial charge in [-0.1, -0.05) is 97.1 Å². The molecule has 2 heteroatoms. The highest BCUT2D eigenvalue weighted by Gasteiger charge is 2.14. The average molecular weight is 463 g/mol. The first-order valence-electron chi connectivity index (χ1n) is 12.2. The van der Waals surface area contributed by atoms with Gasteiger partial charge in [0.15, 0.2) is 0 Å². The molecule has 0 aliphatic carbocycles. The van der Waals surface area contributed by atoms with Crippen molar-refractivity contribution in [2.24, 2.45) is 0 Å². The Bertz CT molecular complexity index is 1570. The first-order valence-corrected chi connectivity index (χ1v) is 12.2. The Morgan fingerprint density at radius 3 is 1.64 bits per heavy atom. The summed E-state index contributed by atoms with van der Waals surface area (Å²) >= 11 is 0. The number of rotatable bonds is 6. The van der Waals surface area contributed by atoms with Crippen LogP contribution in [0.4, 0.5) is 28.4 Å². The number of fused-ring (bicyclic) bond motifs is 1. The molecule has 2 nitrogen and oxygen atoms in total. The van der Waals surface area contributed by atoms with E-state index in [1.54, 1.807) is 0 Å². The molecule has 0 aliphatic rings. The summed E-state index contributed by atoms with van der Waals surface area (Å²) in [5.41, 5.74) is 7.96. The highest BCUT2D eigenvalue weighted by molar-refractivity contribution is 5.98. The molecule has 0 aliphatic heterocycles. The minimum absolute atomic E-state index is 1.05. The van der Waals surface area contributed by atoms with E-state index in [2.05, 4.69) is 156 Å². The van der Waals surface area contributed by atoms with Crippen molar-refractivity contribution in [3.63, 3.8) is 0 Å². The van der Waals surface area contributed by atoms with Crippen LogP contribution in [-0.4, -0.2) is 0 Å². The molecule has 0 bridgehead atoms. The lowest BCUT2D eigenvalue weighted by Crippen LogP contribution is -2.10. The van der Waals surface area contributed by atoms with E-state index in [0.717, 1.165) is 28.4 Å². The van der Waals surface area contributed by atoms with Gasteiger partial charge in [-0.25, -0.2) is 0 Å². The Balaban J connectivity index is 1.30. The van der Waals surface area contributed by atoms with Crippen LogP contribution in [0.5, 0.6) is 0 Å². The highest BCUT2D eigenvalue weighted by Crippen LogP contribution is 2.39. The van der Waals surface area contributed by atoms with E-state index in [0.29, 0.717) is 0 Å². The summed E-state index contributed by atoms with van der Waals surface area (Å²) in [6.45, 7) is 0. The van der Waals surface area contributed by atoms with Gasteiger partial charge in [-0.15, -0.1) is 0 Å². The predicted molar refractivity (Wildman–Crippen MR) is 154 cm³/mol. The SMILES string of the molecule is c1ccc(-c2ccc(Nc3ccc(N(c4ccccc4)c4cccc5ccccc45)cc3)cc2)cc1. The summed E-state index contributed by atoms with van der Waals surface area (Å²) in [5, 5.41) is 6.00. The standard InChI is InChI=1S/C34H26N2/c1-3-10-26(11-4-1)27-18-20-29(21-19-27)35-30-22-24-32(25-23-30)36(31-14-5-2-6-15-31)34-17-9-13-28-12-7-8-16-33(28)34/h1-25,35H. The molecule has 0 unspecified atom stereocenters. The van der Waals surface area contributed by atoms with Crippen molar-refractivity contribution in [2.75, 3.05) is 10.2 Å². The molecule has 0 atom stereocenters. The maximum Gasteiger partial charge on any atom is 0.0540 e.